The monoisotopic (exact) mass is 239 g/mol. The Hall–Kier alpha value is -2.34. The minimum Gasteiger partial charge on any atom is -0.465 e. The molecule has 0 saturated carbocycles. The molecule has 0 fully saturated rings. The molecule has 0 aliphatic rings. The molecule has 0 unspecified atom stereocenters. The number of hydrogen-bond donors (Lipinski definition) is 0. The predicted octanol–water partition coefficient (Wildman–Crippen LogP) is 3.06. The van der Waals surface area contributed by atoms with Crippen molar-refractivity contribution in [1.29, 1.82) is 5.26 Å². The summed E-state index contributed by atoms with van der Waals surface area (Å²) in [4.78, 5) is 11.9. The number of hydrogen-bond acceptors (Lipinski definition) is 3. The number of methoxy groups -OCH3 is 1. The number of esters is 1. The molecule has 0 amide bonds. The van der Waals surface area contributed by atoms with E-state index in [1.807, 2.05) is 37.3 Å². The number of ether oxygens (including phenoxy) is 1. The Bertz CT molecular complexity index is 653. The van der Waals surface area contributed by atoms with Gasteiger partial charge in [0.1, 0.15) is 0 Å². The maximum atomic E-state index is 11.9. The van der Waals surface area contributed by atoms with Gasteiger partial charge in [0.25, 0.3) is 0 Å². The fraction of sp³-hybridized carbons (Fsp3) is 0.200. The van der Waals surface area contributed by atoms with Crippen LogP contribution in [0.1, 0.15) is 28.4 Å². The van der Waals surface area contributed by atoms with E-state index in [2.05, 4.69) is 6.07 Å². The van der Waals surface area contributed by atoms with E-state index in [-0.39, 0.29) is 5.97 Å². The van der Waals surface area contributed by atoms with Crippen molar-refractivity contribution in [3.8, 4) is 6.07 Å². The van der Waals surface area contributed by atoms with E-state index in [0.717, 1.165) is 16.3 Å². The van der Waals surface area contributed by atoms with E-state index in [1.165, 1.54) is 7.11 Å². The summed E-state index contributed by atoms with van der Waals surface area (Å²) >= 11 is 0. The molecule has 2 rings (SSSR count). The molecule has 2 aromatic rings. The summed E-state index contributed by atoms with van der Waals surface area (Å²) in [5, 5.41) is 10.9. The lowest BCUT2D eigenvalue weighted by Gasteiger charge is -2.11. The Kier molecular flexibility index (Phi) is 3.29. The van der Waals surface area contributed by atoms with Crippen LogP contribution in [0.15, 0.2) is 30.3 Å². The summed E-state index contributed by atoms with van der Waals surface area (Å²) in [5.41, 5.74) is 1.80. The average Bonchev–Trinajstić information content (AvgIpc) is 2.44. The lowest BCUT2D eigenvalue weighted by molar-refractivity contribution is 0.0602. The van der Waals surface area contributed by atoms with Crippen LogP contribution in [-0.2, 0) is 11.2 Å². The number of nitriles is 1. The third kappa shape index (κ3) is 1.82. The third-order valence-corrected chi connectivity index (χ3v) is 3.02. The van der Waals surface area contributed by atoms with Crippen molar-refractivity contribution in [2.45, 2.75) is 13.3 Å². The molecule has 0 aliphatic carbocycles. The first-order valence-electron chi connectivity index (χ1n) is 5.76. The molecule has 0 aliphatic heterocycles. The number of fused-ring (bicyclic) bond motifs is 1. The molecule has 0 heterocycles. The minimum absolute atomic E-state index is 0.389. The van der Waals surface area contributed by atoms with Gasteiger partial charge in [-0.25, -0.2) is 4.79 Å². The Morgan fingerprint density at radius 3 is 2.72 bits per heavy atom. The highest BCUT2D eigenvalue weighted by Crippen LogP contribution is 2.27. The van der Waals surface area contributed by atoms with Crippen LogP contribution in [-0.4, -0.2) is 13.1 Å². The molecule has 0 N–H and O–H groups in total. The highest BCUT2D eigenvalue weighted by molar-refractivity contribution is 6.06. The van der Waals surface area contributed by atoms with Crippen molar-refractivity contribution in [3.63, 3.8) is 0 Å². The van der Waals surface area contributed by atoms with Crippen LogP contribution in [0.5, 0.6) is 0 Å². The fourth-order valence-corrected chi connectivity index (χ4v) is 2.19. The second-order valence-corrected chi connectivity index (χ2v) is 3.96. The summed E-state index contributed by atoms with van der Waals surface area (Å²) in [6, 6.07) is 11.5. The number of nitrogens with zero attached hydrogens (tertiary/aromatic N) is 1. The number of benzene rings is 2. The van der Waals surface area contributed by atoms with Crippen molar-refractivity contribution in [2.24, 2.45) is 0 Å². The summed E-state index contributed by atoms with van der Waals surface area (Å²) < 4.78 is 4.84. The summed E-state index contributed by atoms with van der Waals surface area (Å²) in [7, 11) is 1.36. The first-order chi connectivity index (χ1) is 8.72. The highest BCUT2D eigenvalue weighted by atomic mass is 16.5. The molecule has 0 atom stereocenters. The van der Waals surface area contributed by atoms with Gasteiger partial charge in [0.15, 0.2) is 0 Å². The van der Waals surface area contributed by atoms with Crippen molar-refractivity contribution >= 4 is 16.7 Å². The van der Waals surface area contributed by atoms with Gasteiger partial charge in [0, 0.05) is 0 Å². The van der Waals surface area contributed by atoms with Crippen LogP contribution in [0.3, 0.4) is 0 Å². The number of rotatable bonds is 2. The first-order valence-corrected chi connectivity index (χ1v) is 5.76. The van der Waals surface area contributed by atoms with E-state index in [0.29, 0.717) is 17.5 Å². The zero-order chi connectivity index (χ0) is 13.1. The predicted molar refractivity (Wildman–Crippen MR) is 69.4 cm³/mol. The van der Waals surface area contributed by atoms with Crippen LogP contribution in [0.4, 0.5) is 0 Å². The van der Waals surface area contributed by atoms with E-state index in [4.69, 9.17) is 4.74 Å². The minimum atomic E-state index is -0.389. The Labute approximate surface area is 106 Å². The Morgan fingerprint density at radius 2 is 2.11 bits per heavy atom. The number of carbonyl (C=O) groups is 1. The van der Waals surface area contributed by atoms with Gasteiger partial charge in [0.05, 0.1) is 24.3 Å². The van der Waals surface area contributed by atoms with Crippen molar-refractivity contribution in [1.82, 2.24) is 0 Å². The second kappa shape index (κ2) is 4.89. The van der Waals surface area contributed by atoms with Gasteiger partial charge in [-0.1, -0.05) is 31.2 Å². The molecule has 3 nitrogen and oxygen atoms in total. The van der Waals surface area contributed by atoms with E-state index >= 15 is 0 Å². The Morgan fingerprint density at radius 1 is 1.39 bits per heavy atom. The number of carbonyl (C=O) groups excluding carboxylic acids is 1. The second-order valence-electron chi connectivity index (χ2n) is 3.96. The zero-order valence-corrected chi connectivity index (χ0v) is 10.4. The molecule has 0 aromatic heterocycles. The summed E-state index contributed by atoms with van der Waals surface area (Å²) in [6.07, 6.45) is 0.623. The topological polar surface area (TPSA) is 50.1 Å². The van der Waals surface area contributed by atoms with Crippen molar-refractivity contribution < 1.29 is 9.53 Å². The van der Waals surface area contributed by atoms with E-state index < -0.39 is 0 Å². The standard InChI is InChI=1S/C15H13NO2/c1-3-12-11(9-16)8-10-6-4-5-7-13(10)14(12)15(17)18-2/h4-8H,3H2,1-2H3. The molecular weight excluding hydrogens is 226 g/mol. The van der Waals surface area contributed by atoms with E-state index in [1.54, 1.807) is 0 Å². The largest absolute Gasteiger partial charge is 0.465 e. The highest BCUT2D eigenvalue weighted by Gasteiger charge is 2.18. The smallest absolute Gasteiger partial charge is 0.338 e. The maximum absolute atomic E-state index is 11.9. The lowest BCUT2D eigenvalue weighted by Crippen LogP contribution is -2.08. The molecule has 0 radical (unpaired) electrons. The van der Waals surface area contributed by atoms with Gasteiger partial charge in [-0.2, -0.15) is 5.26 Å². The molecule has 0 bridgehead atoms. The SMILES string of the molecule is CCc1c(C#N)cc2ccccc2c1C(=O)OC. The third-order valence-electron chi connectivity index (χ3n) is 3.02. The molecular formula is C15H13NO2. The van der Waals surface area contributed by atoms with Gasteiger partial charge in [-0.3, -0.25) is 0 Å². The molecule has 3 heteroatoms. The Balaban J connectivity index is 2.92. The van der Waals surface area contributed by atoms with E-state index in [9.17, 15) is 10.1 Å². The van der Waals surface area contributed by atoms with Gasteiger partial charge in [-0.15, -0.1) is 0 Å². The normalized spacial score (nSPS) is 10.1. The van der Waals surface area contributed by atoms with Crippen LogP contribution in [0.2, 0.25) is 0 Å². The fourth-order valence-electron chi connectivity index (χ4n) is 2.19. The van der Waals surface area contributed by atoms with Crippen LogP contribution in [0.25, 0.3) is 10.8 Å². The first kappa shape index (κ1) is 12.1. The van der Waals surface area contributed by atoms with Gasteiger partial charge in [0.2, 0.25) is 0 Å². The molecule has 18 heavy (non-hydrogen) atoms. The van der Waals surface area contributed by atoms with Crippen LogP contribution < -0.4 is 0 Å². The summed E-state index contributed by atoms with van der Waals surface area (Å²) in [6.45, 7) is 1.93. The van der Waals surface area contributed by atoms with Crippen molar-refractivity contribution in [2.75, 3.05) is 7.11 Å². The summed E-state index contributed by atoms with van der Waals surface area (Å²) in [5.74, 6) is -0.389. The van der Waals surface area contributed by atoms with Crippen LogP contribution >= 0.6 is 0 Å². The average molecular weight is 239 g/mol. The van der Waals surface area contributed by atoms with Crippen LogP contribution in [0, 0.1) is 11.3 Å². The molecule has 0 spiro atoms. The van der Waals surface area contributed by atoms with Crippen molar-refractivity contribution in [3.05, 3.63) is 47.0 Å². The molecule has 2 aromatic carbocycles. The zero-order valence-electron chi connectivity index (χ0n) is 10.4. The quantitative estimate of drug-likeness (QED) is 0.757. The van der Waals surface area contributed by atoms with Gasteiger partial charge < -0.3 is 4.74 Å². The molecule has 0 saturated heterocycles. The lowest BCUT2D eigenvalue weighted by atomic mass is 9.93. The molecule has 90 valence electrons. The maximum Gasteiger partial charge on any atom is 0.338 e. The van der Waals surface area contributed by atoms with Gasteiger partial charge >= 0.3 is 5.97 Å². The van der Waals surface area contributed by atoms with Gasteiger partial charge in [-0.05, 0) is 28.8 Å².